The zero-order valence-corrected chi connectivity index (χ0v) is 8.29. The number of aromatic amines is 1. The van der Waals surface area contributed by atoms with E-state index < -0.39 is 5.54 Å². The topological polar surface area (TPSA) is 95.8 Å². The van der Waals surface area contributed by atoms with Crippen molar-refractivity contribution in [2.75, 3.05) is 11.9 Å². The van der Waals surface area contributed by atoms with E-state index in [1.54, 1.807) is 6.20 Å². The van der Waals surface area contributed by atoms with Crippen LogP contribution < -0.4 is 16.4 Å². The highest BCUT2D eigenvalue weighted by Gasteiger charge is 2.17. The molecule has 0 aliphatic rings. The first-order chi connectivity index (χ1) is 6.53. The van der Waals surface area contributed by atoms with Crippen LogP contribution in [-0.4, -0.2) is 28.3 Å². The number of anilines is 1. The van der Waals surface area contributed by atoms with Crippen molar-refractivity contribution in [3.8, 4) is 0 Å². The smallest absolute Gasteiger partial charge is 0.319 e. The Morgan fingerprint density at radius 1 is 1.71 bits per heavy atom. The van der Waals surface area contributed by atoms with Gasteiger partial charge in [0.15, 0.2) is 0 Å². The number of amides is 2. The van der Waals surface area contributed by atoms with Gasteiger partial charge in [-0.25, -0.2) is 4.79 Å². The van der Waals surface area contributed by atoms with E-state index in [9.17, 15) is 4.79 Å². The molecular formula is C8H15N5O. The molecule has 0 aliphatic heterocycles. The molecule has 0 saturated carbocycles. The van der Waals surface area contributed by atoms with Crippen LogP contribution in [0.2, 0.25) is 0 Å². The number of hydrogen-bond acceptors (Lipinski definition) is 3. The number of rotatable bonds is 3. The van der Waals surface area contributed by atoms with Gasteiger partial charge in [-0.2, -0.15) is 5.10 Å². The molecule has 6 heteroatoms. The van der Waals surface area contributed by atoms with Gasteiger partial charge in [0.2, 0.25) is 0 Å². The van der Waals surface area contributed by atoms with Crippen LogP contribution in [0, 0.1) is 0 Å². The Morgan fingerprint density at radius 3 is 2.93 bits per heavy atom. The maximum Gasteiger partial charge on any atom is 0.319 e. The van der Waals surface area contributed by atoms with E-state index in [0.717, 1.165) is 0 Å². The average Bonchev–Trinajstić information content (AvgIpc) is 2.55. The third-order valence-electron chi connectivity index (χ3n) is 1.72. The Morgan fingerprint density at radius 2 is 2.43 bits per heavy atom. The second kappa shape index (κ2) is 4.10. The Kier molecular flexibility index (Phi) is 3.08. The summed E-state index contributed by atoms with van der Waals surface area (Å²) >= 11 is 0. The van der Waals surface area contributed by atoms with E-state index in [-0.39, 0.29) is 6.03 Å². The lowest BCUT2D eigenvalue weighted by molar-refractivity contribution is 0.242. The van der Waals surface area contributed by atoms with Crippen LogP contribution in [0.25, 0.3) is 0 Å². The summed E-state index contributed by atoms with van der Waals surface area (Å²) in [6, 6.07) is -0.290. The Bertz CT molecular complexity index is 293. The number of nitrogens with one attached hydrogen (secondary N) is 3. The first-order valence-electron chi connectivity index (χ1n) is 4.31. The largest absolute Gasteiger partial charge is 0.332 e. The monoisotopic (exact) mass is 197 g/mol. The van der Waals surface area contributed by atoms with Gasteiger partial charge in [-0.1, -0.05) is 0 Å². The van der Waals surface area contributed by atoms with Crippen molar-refractivity contribution in [3.05, 3.63) is 12.4 Å². The summed E-state index contributed by atoms with van der Waals surface area (Å²) in [5.74, 6) is 0. The minimum atomic E-state index is -0.409. The number of nitrogens with two attached hydrogens (primary N) is 1. The molecule has 0 atom stereocenters. The van der Waals surface area contributed by atoms with Gasteiger partial charge in [-0.3, -0.25) is 5.10 Å². The predicted octanol–water partition coefficient (Wildman–Crippen LogP) is 0.269. The molecule has 0 unspecified atom stereocenters. The molecule has 14 heavy (non-hydrogen) atoms. The molecule has 1 aromatic rings. The molecule has 0 bridgehead atoms. The van der Waals surface area contributed by atoms with Gasteiger partial charge < -0.3 is 16.4 Å². The van der Waals surface area contributed by atoms with Crippen LogP contribution in [0.5, 0.6) is 0 Å². The summed E-state index contributed by atoms with van der Waals surface area (Å²) in [6.45, 7) is 4.08. The molecule has 1 rings (SSSR count). The van der Waals surface area contributed by atoms with E-state index >= 15 is 0 Å². The van der Waals surface area contributed by atoms with Crippen molar-refractivity contribution in [1.29, 1.82) is 0 Å². The molecule has 0 saturated heterocycles. The lowest BCUT2D eigenvalue weighted by Crippen LogP contribution is -2.50. The van der Waals surface area contributed by atoms with E-state index in [0.29, 0.717) is 12.2 Å². The molecule has 1 aromatic heterocycles. The third kappa shape index (κ3) is 3.06. The fraction of sp³-hybridized carbons (Fsp3) is 0.500. The normalized spacial score (nSPS) is 11.1. The van der Waals surface area contributed by atoms with Crippen molar-refractivity contribution in [2.45, 2.75) is 19.4 Å². The molecule has 0 aromatic carbocycles. The number of hydrogen-bond donors (Lipinski definition) is 4. The quantitative estimate of drug-likeness (QED) is 0.560. The standard InChI is InChI=1S/C8H15N5O/c1-8(2,5-9)13-7(14)12-6-3-10-11-4-6/h3-4H,5,9H2,1-2H3,(H,10,11)(H2,12,13,14). The van der Waals surface area contributed by atoms with Gasteiger partial charge in [0.25, 0.3) is 0 Å². The summed E-state index contributed by atoms with van der Waals surface area (Å²) in [7, 11) is 0. The average molecular weight is 197 g/mol. The summed E-state index contributed by atoms with van der Waals surface area (Å²) in [5, 5.41) is 11.6. The Balaban J connectivity index is 2.44. The van der Waals surface area contributed by atoms with Gasteiger partial charge in [0, 0.05) is 18.3 Å². The maximum absolute atomic E-state index is 11.4. The second-order valence-electron chi connectivity index (χ2n) is 3.65. The maximum atomic E-state index is 11.4. The van der Waals surface area contributed by atoms with Crippen LogP contribution in [-0.2, 0) is 0 Å². The zero-order valence-electron chi connectivity index (χ0n) is 8.29. The third-order valence-corrected chi connectivity index (χ3v) is 1.72. The second-order valence-corrected chi connectivity index (χ2v) is 3.65. The van der Waals surface area contributed by atoms with E-state index in [2.05, 4.69) is 20.8 Å². The highest BCUT2D eigenvalue weighted by Crippen LogP contribution is 2.03. The van der Waals surface area contributed by atoms with E-state index in [1.807, 2.05) is 13.8 Å². The molecule has 0 fully saturated rings. The van der Waals surface area contributed by atoms with Crippen LogP contribution in [0.15, 0.2) is 12.4 Å². The first kappa shape index (κ1) is 10.5. The molecule has 0 aliphatic carbocycles. The van der Waals surface area contributed by atoms with Gasteiger partial charge >= 0.3 is 6.03 Å². The molecule has 6 nitrogen and oxygen atoms in total. The van der Waals surface area contributed by atoms with Gasteiger partial charge in [-0.15, -0.1) is 0 Å². The number of urea groups is 1. The number of aromatic nitrogens is 2. The molecule has 0 spiro atoms. The lowest BCUT2D eigenvalue weighted by Gasteiger charge is -2.23. The first-order valence-corrected chi connectivity index (χ1v) is 4.31. The van der Waals surface area contributed by atoms with Crippen molar-refractivity contribution < 1.29 is 4.79 Å². The number of H-pyrrole nitrogens is 1. The SMILES string of the molecule is CC(C)(CN)NC(=O)Nc1cn[nH]c1. The number of carbonyl (C=O) groups is 1. The van der Waals surface area contributed by atoms with E-state index in [4.69, 9.17) is 5.73 Å². The minimum Gasteiger partial charge on any atom is -0.332 e. The molecule has 1 heterocycles. The van der Waals surface area contributed by atoms with Crippen LogP contribution >= 0.6 is 0 Å². The highest BCUT2D eigenvalue weighted by molar-refractivity contribution is 5.89. The summed E-state index contributed by atoms with van der Waals surface area (Å²) in [4.78, 5) is 11.4. The van der Waals surface area contributed by atoms with Gasteiger partial charge in [0.05, 0.1) is 11.9 Å². The van der Waals surface area contributed by atoms with Crippen LogP contribution in [0.4, 0.5) is 10.5 Å². The summed E-state index contributed by atoms with van der Waals surface area (Å²) < 4.78 is 0. The van der Waals surface area contributed by atoms with Crippen LogP contribution in [0.1, 0.15) is 13.8 Å². The van der Waals surface area contributed by atoms with Gasteiger partial charge in [0.1, 0.15) is 0 Å². The fourth-order valence-electron chi connectivity index (χ4n) is 0.840. The van der Waals surface area contributed by atoms with Crippen molar-refractivity contribution >= 4 is 11.7 Å². The van der Waals surface area contributed by atoms with E-state index in [1.165, 1.54) is 6.20 Å². The zero-order chi connectivity index (χ0) is 10.6. The lowest BCUT2D eigenvalue weighted by atomic mass is 10.1. The van der Waals surface area contributed by atoms with Crippen molar-refractivity contribution in [2.24, 2.45) is 5.73 Å². The molecular weight excluding hydrogens is 182 g/mol. The Hall–Kier alpha value is -1.56. The molecule has 5 N–H and O–H groups in total. The molecule has 2 amide bonds. The van der Waals surface area contributed by atoms with Crippen LogP contribution in [0.3, 0.4) is 0 Å². The summed E-state index contributed by atoms with van der Waals surface area (Å²) in [5.41, 5.74) is 5.68. The summed E-state index contributed by atoms with van der Waals surface area (Å²) in [6.07, 6.45) is 3.12. The number of carbonyl (C=O) groups excluding carboxylic acids is 1. The number of nitrogens with zero attached hydrogens (tertiary/aromatic N) is 1. The van der Waals surface area contributed by atoms with Crippen molar-refractivity contribution in [1.82, 2.24) is 15.5 Å². The Labute approximate surface area is 82.3 Å². The minimum absolute atomic E-state index is 0.290. The molecule has 0 radical (unpaired) electrons. The van der Waals surface area contributed by atoms with Gasteiger partial charge in [-0.05, 0) is 13.8 Å². The van der Waals surface area contributed by atoms with Crippen molar-refractivity contribution in [3.63, 3.8) is 0 Å². The predicted molar refractivity (Wildman–Crippen MR) is 53.9 cm³/mol. The molecule has 78 valence electrons. The highest BCUT2D eigenvalue weighted by atomic mass is 16.2. The fourth-order valence-corrected chi connectivity index (χ4v) is 0.840.